The van der Waals surface area contributed by atoms with E-state index in [1.165, 1.54) is 20.1 Å². The highest BCUT2D eigenvalue weighted by Gasteiger charge is 2.17. The van der Waals surface area contributed by atoms with E-state index in [-0.39, 0.29) is 6.04 Å². The van der Waals surface area contributed by atoms with Crippen LogP contribution < -0.4 is 5.32 Å². The highest BCUT2D eigenvalue weighted by atomic mass is 127. The molecule has 0 bridgehead atoms. The zero-order valence-corrected chi connectivity index (χ0v) is 14.3. The number of halogens is 1. The normalized spacial score (nSPS) is 12.7. The highest BCUT2D eigenvalue weighted by Crippen LogP contribution is 2.29. The van der Waals surface area contributed by atoms with Crippen molar-refractivity contribution in [1.82, 2.24) is 5.32 Å². The summed E-state index contributed by atoms with van der Waals surface area (Å²) >= 11 is 2.35. The van der Waals surface area contributed by atoms with E-state index in [1.54, 1.807) is 0 Å². The number of fused-ring (bicyclic) bond motifs is 1. The summed E-state index contributed by atoms with van der Waals surface area (Å²) < 4.78 is 7.30. The van der Waals surface area contributed by atoms with Gasteiger partial charge in [0.2, 0.25) is 0 Å². The number of hydrogen-bond donors (Lipinski definition) is 1. The van der Waals surface area contributed by atoms with Crippen molar-refractivity contribution in [3.63, 3.8) is 0 Å². The van der Waals surface area contributed by atoms with Gasteiger partial charge in [0.25, 0.3) is 0 Å². The predicted molar refractivity (Wildman–Crippen MR) is 95.6 cm³/mol. The number of nitrogens with one attached hydrogen (secondary N) is 1. The van der Waals surface area contributed by atoms with Crippen molar-refractivity contribution in [2.45, 2.75) is 19.9 Å². The standard InChI is InChI=1S/C18H18INO/c1-3-20-18(13-5-4-6-15(19)10-13)17-11-14-9-12(2)7-8-16(14)21-17/h4-11,18,20H,3H2,1-2H3. The molecule has 1 unspecified atom stereocenters. The van der Waals surface area contributed by atoms with Gasteiger partial charge in [0, 0.05) is 8.96 Å². The highest BCUT2D eigenvalue weighted by molar-refractivity contribution is 14.1. The molecule has 3 aromatic rings. The van der Waals surface area contributed by atoms with E-state index in [0.717, 1.165) is 17.9 Å². The Bertz CT molecular complexity index is 763. The lowest BCUT2D eigenvalue weighted by Crippen LogP contribution is -2.21. The summed E-state index contributed by atoms with van der Waals surface area (Å²) in [5.74, 6) is 0.972. The Labute approximate surface area is 138 Å². The van der Waals surface area contributed by atoms with Gasteiger partial charge in [-0.25, -0.2) is 0 Å². The molecule has 21 heavy (non-hydrogen) atoms. The first kappa shape index (κ1) is 14.6. The van der Waals surface area contributed by atoms with E-state index in [4.69, 9.17) is 4.42 Å². The number of benzene rings is 2. The lowest BCUT2D eigenvalue weighted by atomic mass is 10.0. The summed E-state index contributed by atoms with van der Waals surface area (Å²) in [5.41, 5.74) is 3.44. The summed E-state index contributed by atoms with van der Waals surface area (Å²) in [4.78, 5) is 0. The van der Waals surface area contributed by atoms with Crippen LogP contribution >= 0.6 is 22.6 Å². The van der Waals surface area contributed by atoms with Gasteiger partial charge >= 0.3 is 0 Å². The van der Waals surface area contributed by atoms with Crippen LogP contribution in [0.3, 0.4) is 0 Å². The second-order valence-electron chi connectivity index (χ2n) is 5.24. The molecule has 0 aliphatic rings. The fraction of sp³-hybridized carbons (Fsp3) is 0.222. The first-order chi connectivity index (χ1) is 10.2. The molecular weight excluding hydrogens is 373 g/mol. The van der Waals surface area contributed by atoms with Crippen molar-refractivity contribution >= 4 is 33.6 Å². The van der Waals surface area contributed by atoms with Gasteiger partial charge < -0.3 is 9.73 Å². The van der Waals surface area contributed by atoms with Crippen LogP contribution in [0.25, 0.3) is 11.0 Å². The smallest absolute Gasteiger partial charge is 0.134 e. The van der Waals surface area contributed by atoms with Crippen molar-refractivity contribution in [2.75, 3.05) is 6.54 Å². The third-order valence-corrected chi connectivity index (χ3v) is 4.24. The molecule has 0 fully saturated rings. The van der Waals surface area contributed by atoms with E-state index < -0.39 is 0 Å². The van der Waals surface area contributed by atoms with Gasteiger partial charge in [-0.3, -0.25) is 0 Å². The Hall–Kier alpha value is -1.33. The van der Waals surface area contributed by atoms with E-state index >= 15 is 0 Å². The lowest BCUT2D eigenvalue weighted by molar-refractivity contribution is 0.477. The third-order valence-electron chi connectivity index (χ3n) is 3.57. The fourth-order valence-corrected chi connectivity index (χ4v) is 3.17. The zero-order valence-electron chi connectivity index (χ0n) is 12.2. The van der Waals surface area contributed by atoms with Gasteiger partial charge in [-0.05, 0) is 72.0 Å². The molecule has 0 spiro atoms. The average Bonchev–Trinajstić information content (AvgIpc) is 2.87. The molecule has 2 aromatic carbocycles. The van der Waals surface area contributed by atoms with E-state index in [2.05, 4.69) is 84.2 Å². The molecule has 0 saturated heterocycles. The number of rotatable bonds is 4. The van der Waals surface area contributed by atoms with Crippen molar-refractivity contribution in [3.8, 4) is 0 Å². The van der Waals surface area contributed by atoms with Crippen LogP contribution in [0.1, 0.15) is 29.9 Å². The van der Waals surface area contributed by atoms with Gasteiger partial charge in [-0.1, -0.05) is 30.7 Å². The van der Waals surface area contributed by atoms with Crippen LogP contribution in [0.5, 0.6) is 0 Å². The SMILES string of the molecule is CCNC(c1cccc(I)c1)c1cc2cc(C)ccc2o1. The van der Waals surface area contributed by atoms with Crippen LogP contribution in [-0.2, 0) is 0 Å². The van der Waals surface area contributed by atoms with Gasteiger partial charge in [0.15, 0.2) is 0 Å². The van der Waals surface area contributed by atoms with Gasteiger partial charge in [0.1, 0.15) is 11.3 Å². The summed E-state index contributed by atoms with van der Waals surface area (Å²) in [6.07, 6.45) is 0. The molecular formula is C18H18INO. The summed E-state index contributed by atoms with van der Waals surface area (Å²) in [7, 11) is 0. The van der Waals surface area contributed by atoms with Crippen LogP contribution in [-0.4, -0.2) is 6.54 Å². The Morgan fingerprint density at radius 1 is 1.14 bits per heavy atom. The fourth-order valence-electron chi connectivity index (χ4n) is 2.60. The molecule has 3 heteroatoms. The minimum absolute atomic E-state index is 0.0948. The van der Waals surface area contributed by atoms with Gasteiger partial charge in [0.05, 0.1) is 6.04 Å². The predicted octanol–water partition coefficient (Wildman–Crippen LogP) is 5.04. The number of hydrogen-bond acceptors (Lipinski definition) is 2. The first-order valence-electron chi connectivity index (χ1n) is 7.16. The van der Waals surface area contributed by atoms with Crippen molar-refractivity contribution < 1.29 is 4.42 Å². The topological polar surface area (TPSA) is 25.2 Å². The maximum Gasteiger partial charge on any atom is 0.134 e. The molecule has 1 N–H and O–H groups in total. The van der Waals surface area contributed by atoms with E-state index in [0.29, 0.717) is 0 Å². The monoisotopic (exact) mass is 391 g/mol. The average molecular weight is 391 g/mol. The molecule has 108 valence electrons. The van der Waals surface area contributed by atoms with Crippen LogP contribution in [0, 0.1) is 10.5 Å². The van der Waals surface area contributed by atoms with Gasteiger partial charge in [-0.2, -0.15) is 0 Å². The molecule has 0 aliphatic carbocycles. The molecule has 1 atom stereocenters. The third kappa shape index (κ3) is 3.14. The molecule has 2 nitrogen and oxygen atoms in total. The Kier molecular flexibility index (Phi) is 4.31. The molecule has 0 amide bonds. The Morgan fingerprint density at radius 2 is 2.00 bits per heavy atom. The van der Waals surface area contributed by atoms with Crippen molar-refractivity contribution in [2.24, 2.45) is 0 Å². The van der Waals surface area contributed by atoms with Crippen LogP contribution in [0.2, 0.25) is 0 Å². The molecule has 0 saturated carbocycles. The van der Waals surface area contributed by atoms with E-state index in [1.807, 2.05) is 6.07 Å². The van der Waals surface area contributed by atoms with Gasteiger partial charge in [-0.15, -0.1) is 0 Å². The van der Waals surface area contributed by atoms with Crippen molar-refractivity contribution in [3.05, 3.63) is 69.0 Å². The van der Waals surface area contributed by atoms with Crippen LogP contribution in [0.4, 0.5) is 0 Å². The summed E-state index contributed by atoms with van der Waals surface area (Å²) in [6.45, 7) is 5.12. The second kappa shape index (κ2) is 6.20. The Balaban J connectivity index is 2.06. The minimum Gasteiger partial charge on any atom is -0.459 e. The lowest BCUT2D eigenvalue weighted by Gasteiger charge is -2.16. The molecule has 1 aromatic heterocycles. The zero-order chi connectivity index (χ0) is 14.8. The quantitative estimate of drug-likeness (QED) is 0.630. The minimum atomic E-state index is 0.0948. The number of aryl methyl sites for hydroxylation is 1. The maximum atomic E-state index is 6.07. The molecule has 0 aliphatic heterocycles. The van der Waals surface area contributed by atoms with Crippen molar-refractivity contribution in [1.29, 1.82) is 0 Å². The molecule has 3 rings (SSSR count). The molecule has 0 radical (unpaired) electrons. The summed E-state index contributed by atoms with van der Waals surface area (Å²) in [5, 5.41) is 4.69. The van der Waals surface area contributed by atoms with Crippen LogP contribution in [0.15, 0.2) is 52.9 Å². The van der Waals surface area contributed by atoms with E-state index in [9.17, 15) is 0 Å². The number of furan rings is 1. The second-order valence-corrected chi connectivity index (χ2v) is 6.48. The molecule has 1 heterocycles. The largest absolute Gasteiger partial charge is 0.459 e. The summed E-state index contributed by atoms with van der Waals surface area (Å²) in [6, 6.07) is 17.1. The Morgan fingerprint density at radius 3 is 2.76 bits per heavy atom. The maximum absolute atomic E-state index is 6.07. The first-order valence-corrected chi connectivity index (χ1v) is 8.24.